The highest BCUT2D eigenvalue weighted by Crippen LogP contribution is 2.33. The molecule has 21 heavy (non-hydrogen) atoms. The lowest BCUT2D eigenvalue weighted by Crippen LogP contribution is -2.30. The Hall–Kier alpha value is -2.41. The van der Waals surface area contributed by atoms with E-state index in [1.807, 2.05) is 5.43 Å². The summed E-state index contributed by atoms with van der Waals surface area (Å²) in [4.78, 5) is 23.6. The topological polar surface area (TPSA) is 82.0 Å². The molecule has 1 fully saturated rings. The Bertz CT molecular complexity index is 746. The molecular weight excluding hydrogens is 275 g/mol. The maximum Gasteiger partial charge on any atom is 0.328 e. The normalized spacial score (nSPS) is 14.2. The lowest BCUT2D eigenvalue weighted by Gasteiger charge is -2.06. The van der Waals surface area contributed by atoms with E-state index in [4.69, 9.17) is 5.84 Å². The van der Waals surface area contributed by atoms with Crippen LogP contribution in [0.5, 0.6) is 0 Å². The number of nitrogens with one attached hydrogen (secondary N) is 1. The van der Waals surface area contributed by atoms with E-state index in [1.165, 1.54) is 22.8 Å². The van der Waals surface area contributed by atoms with Crippen LogP contribution in [0.25, 0.3) is 0 Å². The first-order valence-electron chi connectivity index (χ1n) is 6.67. The molecule has 1 aromatic carbocycles. The molecule has 0 saturated heterocycles. The Labute approximate surface area is 120 Å². The van der Waals surface area contributed by atoms with Crippen LogP contribution >= 0.6 is 0 Å². The third kappa shape index (κ3) is 2.59. The maximum atomic E-state index is 13.8. The van der Waals surface area contributed by atoms with Gasteiger partial charge in [0.25, 0.3) is 5.91 Å². The van der Waals surface area contributed by atoms with Crippen molar-refractivity contribution in [2.45, 2.75) is 25.4 Å². The van der Waals surface area contributed by atoms with Crippen LogP contribution < -0.4 is 17.0 Å². The van der Waals surface area contributed by atoms with Crippen molar-refractivity contribution in [3.63, 3.8) is 0 Å². The summed E-state index contributed by atoms with van der Waals surface area (Å²) in [5.41, 5.74) is 2.36. The van der Waals surface area contributed by atoms with Gasteiger partial charge in [0.15, 0.2) is 0 Å². The lowest BCUT2D eigenvalue weighted by molar-refractivity contribution is 0.0953. The molecule has 0 bridgehead atoms. The minimum absolute atomic E-state index is 0.0794. The zero-order chi connectivity index (χ0) is 15.0. The average molecular weight is 290 g/mol. The van der Waals surface area contributed by atoms with E-state index in [0.29, 0.717) is 0 Å². The van der Waals surface area contributed by atoms with Gasteiger partial charge in [0.1, 0.15) is 5.82 Å². The highest BCUT2D eigenvalue weighted by atomic mass is 19.1. The number of nitrogens with two attached hydrogens (primary N) is 1. The molecule has 1 heterocycles. The lowest BCUT2D eigenvalue weighted by atomic mass is 10.1. The molecule has 0 unspecified atom stereocenters. The molecule has 110 valence electrons. The predicted molar refractivity (Wildman–Crippen MR) is 74.1 cm³/mol. The number of carbonyl (C=O) groups excluding carboxylic acids is 1. The summed E-state index contributed by atoms with van der Waals surface area (Å²) < 4.78 is 16.9. The second-order valence-corrected chi connectivity index (χ2v) is 5.13. The summed E-state index contributed by atoms with van der Waals surface area (Å²) in [7, 11) is 0. The number of rotatable bonds is 4. The van der Waals surface area contributed by atoms with Crippen molar-refractivity contribution in [3.8, 4) is 0 Å². The van der Waals surface area contributed by atoms with E-state index in [1.54, 1.807) is 17.0 Å². The predicted octanol–water partition coefficient (Wildman–Crippen LogP) is 0.776. The van der Waals surface area contributed by atoms with Gasteiger partial charge in [0, 0.05) is 29.6 Å². The fourth-order valence-electron chi connectivity index (χ4n) is 2.28. The summed E-state index contributed by atoms with van der Waals surface area (Å²) in [6.07, 6.45) is 5.36. The smallest absolute Gasteiger partial charge is 0.296 e. The number of benzene rings is 1. The van der Waals surface area contributed by atoms with Gasteiger partial charge < -0.3 is 0 Å². The van der Waals surface area contributed by atoms with Crippen molar-refractivity contribution in [1.82, 2.24) is 14.6 Å². The van der Waals surface area contributed by atoms with E-state index in [9.17, 15) is 14.0 Å². The molecule has 3 rings (SSSR count). The van der Waals surface area contributed by atoms with Crippen molar-refractivity contribution in [1.29, 1.82) is 0 Å². The van der Waals surface area contributed by atoms with Gasteiger partial charge >= 0.3 is 5.69 Å². The first kappa shape index (κ1) is 13.6. The van der Waals surface area contributed by atoms with Gasteiger partial charge in [-0.05, 0) is 31.0 Å². The number of amides is 1. The number of nitrogen functional groups attached to an aromatic ring is 1. The first-order chi connectivity index (χ1) is 10.1. The van der Waals surface area contributed by atoms with Crippen LogP contribution in [-0.2, 0) is 6.54 Å². The Morgan fingerprint density at radius 1 is 1.38 bits per heavy atom. The maximum absolute atomic E-state index is 13.8. The molecular formula is C14H15FN4O2. The molecule has 1 aliphatic rings. The summed E-state index contributed by atoms with van der Waals surface area (Å²) >= 11 is 0. The molecule has 0 aliphatic heterocycles. The van der Waals surface area contributed by atoms with Crippen LogP contribution in [0, 0.1) is 5.82 Å². The van der Waals surface area contributed by atoms with E-state index >= 15 is 0 Å². The molecule has 1 amide bonds. The van der Waals surface area contributed by atoms with Crippen LogP contribution in [0.15, 0.2) is 35.4 Å². The molecule has 1 saturated carbocycles. The van der Waals surface area contributed by atoms with Crippen molar-refractivity contribution >= 4 is 5.91 Å². The number of imidazole rings is 1. The van der Waals surface area contributed by atoms with Gasteiger partial charge in [0.2, 0.25) is 0 Å². The number of carbonyl (C=O) groups is 1. The molecule has 7 heteroatoms. The van der Waals surface area contributed by atoms with Gasteiger partial charge in [-0.15, -0.1) is 0 Å². The molecule has 1 aliphatic carbocycles. The molecule has 3 N–H and O–H groups in total. The molecule has 1 aromatic heterocycles. The van der Waals surface area contributed by atoms with Crippen LogP contribution in [0.2, 0.25) is 0 Å². The van der Waals surface area contributed by atoms with Crippen molar-refractivity contribution in [2.75, 3.05) is 0 Å². The summed E-state index contributed by atoms with van der Waals surface area (Å²) in [6, 6.07) is 4.22. The Morgan fingerprint density at radius 3 is 2.81 bits per heavy atom. The fraction of sp³-hybridized carbons (Fsp3) is 0.286. The van der Waals surface area contributed by atoms with Gasteiger partial charge in [-0.2, -0.15) is 0 Å². The van der Waals surface area contributed by atoms with Gasteiger partial charge in [-0.1, -0.05) is 0 Å². The molecule has 0 spiro atoms. The van der Waals surface area contributed by atoms with Gasteiger partial charge in [-0.3, -0.25) is 19.4 Å². The monoisotopic (exact) mass is 290 g/mol. The highest BCUT2D eigenvalue weighted by molar-refractivity contribution is 5.93. The number of halogens is 1. The Kier molecular flexibility index (Phi) is 3.34. The average Bonchev–Trinajstić information content (AvgIpc) is 3.26. The van der Waals surface area contributed by atoms with Crippen LogP contribution in [-0.4, -0.2) is 15.0 Å². The molecule has 0 radical (unpaired) electrons. The second kappa shape index (κ2) is 5.17. The second-order valence-electron chi connectivity index (χ2n) is 5.13. The fourth-order valence-corrected chi connectivity index (χ4v) is 2.28. The molecule has 0 atom stereocenters. The number of aromatic nitrogens is 2. The third-order valence-electron chi connectivity index (χ3n) is 3.59. The number of hydrogen-bond acceptors (Lipinski definition) is 3. The van der Waals surface area contributed by atoms with E-state index < -0.39 is 11.7 Å². The Balaban J connectivity index is 1.90. The highest BCUT2D eigenvalue weighted by Gasteiger charge is 2.25. The first-order valence-corrected chi connectivity index (χ1v) is 6.67. The van der Waals surface area contributed by atoms with Crippen LogP contribution in [0.4, 0.5) is 4.39 Å². The quantitative estimate of drug-likeness (QED) is 0.496. The minimum atomic E-state index is -0.501. The number of nitrogens with zero attached hydrogens (tertiary/aromatic N) is 2. The van der Waals surface area contributed by atoms with Crippen LogP contribution in [0.3, 0.4) is 0 Å². The standard InChI is InChI=1S/C14H15FN4O2/c15-12-4-1-9(13(20)17-16)7-10(12)8-18-5-6-19(14(18)21)11-2-3-11/h1,4-7,11H,2-3,8,16H2,(H,17,20). The van der Waals surface area contributed by atoms with E-state index in [-0.39, 0.29) is 29.4 Å². The van der Waals surface area contributed by atoms with E-state index in [0.717, 1.165) is 12.8 Å². The third-order valence-corrected chi connectivity index (χ3v) is 3.59. The van der Waals surface area contributed by atoms with Gasteiger partial charge in [0.05, 0.1) is 6.54 Å². The van der Waals surface area contributed by atoms with Crippen molar-refractivity contribution < 1.29 is 9.18 Å². The zero-order valence-electron chi connectivity index (χ0n) is 11.3. The van der Waals surface area contributed by atoms with Gasteiger partial charge in [-0.25, -0.2) is 15.0 Å². The number of hydrazine groups is 1. The summed E-state index contributed by atoms with van der Waals surface area (Å²) in [5.74, 6) is 4.10. The number of hydrogen-bond donors (Lipinski definition) is 2. The summed E-state index contributed by atoms with van der Waals surface area (Å²) in [5, 5.41) is 0. The van der Waals surface area contributed by atoms with Crippen molar-refractivity contribution in [3.05, 3.63) is 58.0 Å². The van der Waals surface area contributed by atoms with Crippen LogP contribution in [0.1, 0.15) is 34.8 Å². The molecule has 2 aromatic rings. The summed E-state index contributed by atoms with van der Waals surface area (Å²) in [6.45, 7) is 0.0794. The molecule has 6 nitrogen and oxygen atoms in total. The van der Waals surface area contributed by atoms with Crippen molar-refractivity contribution in [2.24, 2.45) is 5.84 Å². The zero-order valence-corrected chi connectivity index (χ0v) is 11.3. The van der Waals surface area contributed by atoms with E-state index in [2.05, 4.69) is 0 Å². The SMILES string of the molecule is NNC(=O)c1ccc(F)c(Cn2ccn(C3CC3)c2=O)c1. The minimum Gasteiger partial charge on any atom is -0.296 e. The largest absolute Gasteiger partial charge is 0.328 e. The Morgan fingerprint density at radius 2 is 2.14 bits per heavy atom.